The van der Waals surface area contributed by atoms with Gasteiger partial charge in [0, 0.05) is 12.3 Å². The predicted octanol–water partition coefficient (Wildman–Crippen LogP) is -0.790. The number of phosphoric ester groups is 1. The monoisotopic (exact) mass is 452 g/mol. The number of nitrogens with one attached hydrogen (secondary N) is 1. The molecule has 1 aromatic heterocycles. The van der Waals surface area contributed by atoms with Crippen LogP contribution in [0.1, 0.15) is 12.5 Å². The van der Waals surface area contributed by atoms with Crippen LogP contribution in [0.4, 0.5) is 0 Å². The number of H-pyrrole nitrogens is 1. The molecule has 15 nitrogen and oxygen atoms in total. The van der Waals surface area contributed by atoms with Crippen LogP contribution in [0.3, 0.4) is 0 Å². The highest BCUT2D eigenvalue weighted by Gasteiger charge is 2.41. The standard InChI is InChI=1S/C9H15N2O13P3/c12-8-1-2-11(9(13)10-8)6-3-7(21-4-6)5-22-26(17,18)24-27(19,20)23-25(14,15)16/h1-2,6-7H,3-5H2,(H,17,18)(H,19,20)(H,10,12,13)(H2,14,15,16). The van der Waals surface area contributed by atoms with E-state index in [4.69, 9.17) is 19.4 Å². The van der Waals surface area contributed by atoms with E-state index >= 15 is 0 Å². The number of aromatic amines is 1. The van der Waals surface area contributed by atoms with Crippen molar-refractivity contribution in [2.24, 2.45) is 0 Å². The third-order valence-electron chi connectivity index (χ3n) is 3.14. The number of nitrogens with zero attached hydrogens (tertiary/aromatic N) is 1. The molecule has 1 aliphatic rings. The average Bonchev–Trinajstić information content (AvgIpc) is 2.90. The van der Waals surface area contributed by atoms with Gasteiger partial charge in [-0.3, -0.25) is 18.9 Å². The summed E-state index contributed by atoms with van der Waals surface area (Å²) >= 11 is 0. The Morgan fingerprint density at radius 1 is 1.15 bits per heavy atom. The van der Waals surface area contributed by atoms with E-state index in [9.17, 15) is 28.2 Å². The highest BCUT2D eigenvalue weighted by molar-refractivity contribution is 7.66. The van der Waals surface area contributed by atoms with Gasteiger partial charge in [-0.15, -0.1) is 0 Å². The first-order valence-corrected chi connectivity index (χ1v) is 11.5. The molecule has 1 fully saturated rings. The highest BCUT2D eigenvalue weighted by Crippen LogP contribution is 2.66. The Morgan fingerprint density at radius 2 is 1.81 bits per heavy atom. The van der Waals surface area contributed by atoms with E-state index in [0.717, 1.165) is 6.07 Å². The van der Waals surface area contributed by atoms with Crippen LogP contribution in [0, 0.1) is 0 Å². The number of hydrogen-bond donors (Lipinski definition) is 5. The van der Waals surface area contributed by atoms with Crippen molar-refractivity contribution in [1.82, 2.24) is 9.55 Å². The van der Waals surface area contributed by atoms with Crippen LogP contribution < -0.4 is 11.2 Å². The van der Waals surface area contributed by atoms with Crippen molar-refractivity contribution in [2.75, 3.05) is 13.2 Å². The Balaban J connectivity index is 1.92. The number of aromatic nitrogens is 2. The summed E-state index contributed by atoms with van der Waals surface area (Å²) in [7, 11) is -16.3. The van der Waals surface area contributed by atoms with E-state index in [1.807, 2.05) is 0 Å². The maximum atomic E-state index is 11.7. The van der Waals surface area contributed by atoms with E-state index in [0.29, 0.717) is 0 Å². The number of ether oxygens (including phenoxy) is 1. The molecule has 1 aromatic rings. The Labute approximate surface area is 150 Å². The molecule has 1 aliphatic heterocycles. The summed E-state index contributed by atoms with van der Waals surface area (Å²) in [6, 6.07) is 0.615. The fourth-order valence-electron chi connectivity index (χ4n) is 2.19. The second-order valence-electron chi connectivity index (χ2n) is 5.25. The molecule has 18 heteroatoms. The van der Waals surface area contributed by atoms with Crippen molar-refractivity contribution in [1.29, 1.82) is 0 Å². The summed E-state index contributed by atoms with van der Waals surface area (Å²) in [5.41, 5.74) is -1.26. The summed E-state index contributed by atoms with van der Waals surface area (Å²) in [6.45, 7) is -0.603. The van der Waals surface area contributed by atoms with Gasteiger partial charge < -0.3 is 24.3 Å². The topological polar surface area (TPSA) is 224 Å². The molecule has 0 bridgehead atoms. The zero-order valence-corrected chi connectivity index (χ0v) is 15.9. The van der Waals surface area contributed by atoms with Crippen LogP contribution in [0.15, 0.2) is 21.9 Å². The van der Waals surface area contributed by atoms with E-state index < -0.39 is 53.5 Å². The Bertz CT molecular complexity index is 933. The van der Waals surface area contributed by atoms with Gasteiger partial charge in [-0.1, -0.05) is 0 Å². The Morgan fingerprint density at radius 3 is 2.41 bits per heavy atom. The zero-order chi connectivity index (χ0) is 20.5. The third-order valence-corrected chi connectivity index (χ3v) is 6.95. The molecule has 4 unspecified atom stereocenters. The summed E-state index contributed by atoms with van der Waals surface area (Å²) < 4.78 is 51.4. The van der Waals surface area contributed by atoms with Gasteiger partial charge in [-0.25, -0.2) is 18.5 Å². The summed E-state index contributed by atoms with van der Waals surface area (Å²) in [5.74, 6) is 0. The van der Waals surface area contributed by atoms with E-state index in [1.165, 1.54) is 10.8 Å². The molecule has 27 heavy (non-hydrogen) atoms. The fourth-order valence-corrected chi connectivity index (χ4v) is 5.24. The van der Waals surface area contributed by atoms with E-state index in [-0.39, 0.29) is 13.0 Å². The molecule has 0 saturated carbocycles. The van der Waals surface area contributed by atoms with Crippen LogP contribution in [0.5, 0.6) is 0 Å². The van der Waals surface area contributed by atoms with Gasteiger partial charge in [-0.05, 0) is 6.42 Å². The Kier molecular flexibility index (Phi) is 6.78. The first kappa shape index (κ1) is 22.3. The lowest BCUT2D eigenvalue weighted by atomic mass is 10.2. The maximum absolute atomic E-state index is 11.7. The SMILES string of the molecule is O=c1ccn(C2COC(COP(=O)(O)OP(=O)(O)OP(=O)(O)O)C2)c(=O)[nH]1. The van der Waals surface area contributed by atoms with Crippen molar-refractivity contribution in [2.45, 2.75) is 18.6 Å². The first-order chi connectivity index (χ1) is 12.3. The molecule has 0 radical (unpaired) electrons. The minimum atomic E-state index is -5.59. The Hall–Kier alpha value is -0.950. The molecule has 2 rings (SSSR count). The second kappa shape index (κ2) is 8.19. The van der Waals surface area contributed by atoms with Gasteiger partial charge in [0.05, 0.1) is 25.4 Å². The fraction of sp³-hybridized carbons (Fsp3) is 0.556. The normalized spacial score (nSPS) is 25.0. The van der Waals surface area contributed by atoms with Gasteiger partial charge in [-0.2, -0.15) is 8.62 Å². The lowest BCUT2D eigenvalue weighted by molar-refractivity contribution is 0.0528. The lowest BCUT2D eigenvalue weighted by Crippen LogP contribution is -2.31. The van der Waals surface area contributed by atoms with Crippen LogP contribution in [0.2, 0.25) is 0 Å². The van der Waals surface area contributed by atoms with Crippen molar-refractivity contribution in [3.63, 3.8) is 0 Å². The van der Waals surface area contributed by atoms with Gasteiger partial charge in [0.25, 0.3) is 5.56 Å². The smallest absolute Gasteiger partial charge is 0.374 e. The van der Waals surface area contributed by atoms with Crippen LogP contribution in [-0.4, -0.2) is 48.4 Å². The van der Waals surface area contributed by atoms with Gasteiger partial charge >= 0.3 is 29.2 Å². The van der Waals surface area contributed by atoms with Gasteiger partial charge in [0.15, 0.2) is 0 Å². The molecule has 5 N–H and O–H groups in total. The summed E-state index contributed by atoms with van der Waals surface area (Å²) in [5, 5.41) is 0. The van der Waals surface area contributed by atoms with E-state index in [2.05, 4.69) is 18.1 Å². The summed E-state index contributed by atoms with van der Waals surface area (Å²) in [6.07, 6.45) is 0.556. The van der Waals surface area contributed by atoms with Crippen molar-refractivity contribution < 1.29 is 51.2 Å². The molecule has 2 heterocycles. The minimum absolute atomic E-state index is 0.0103. The molecular formula is C9H15N2O13P3. The van der Waals surface area contributed by atoms with Gasteiger partial charge in [0.1, 0.15) is 0 Å². The lowest BCUT2D eigenvalue weighted by Gasteiger charge is -2.17. The van der Waals surface area contributed by atoms with Crippen LogP contribution >= 0.6 is 23.5 Å². The first-order valence-electron chi connectivity index (χ1n) is 6.98. The quantitative estimate of drug-likeness (QED) is 0.305. The largest absolute Gasteiger partial charge is 0.490 e. The second-order valence-corrected chi connectivity index (χ2v) is 9.67. The van der Waals surface area contributed by atoms with Crippen LogP contribution in [-0.2, 0) is 31.6 Å². The van der Waals surface area contributed by atoms with E-state index in [1.54, 1.807) is 0 Å². The minimum Gasteiger partial charge on any atom is -0.374 e. The van der Waals surface area contributed by atoms with Crippen molar-refractivity contribution in [3.8, 4) is 0 Å². The summed E-state index contributed by atoms with van der Waals surface area (Å²) in [4.78, 5) is 60.0. The van der Waals surface area contributed by atoms with Crippen molar-refractivity contribution in [3.05, 3.63) is 33.1 Å². The molecule has 1 saturated heterocycles. The predicted molar refractivity (Wildman–Crippen MR) is 84.5 cm³/mol. The average molecular weight is 452 g/mol. The highest BCUT2D eigenvalue weighted by atomic mass is 31.3. The van der Waals surface area contributed by atoms with Crippen molar-refractivity contribution >= 4 is 23.5 Å². The number of phosphoric acid groups is 3. The molecule has 4 atom stereocenters. The number of rotatable bonds is 8. The molecular weight excluding hydrogens is 437 g/mol. The maximum Gasteiger partial charge on any atom is 0.490 e. The third kappa shape index (κ3) is 7.18. The van der Waals surface area contributed by atoms with Gasteiger partial charge in [0.2, 0.25) is 0 Å². The molecule has 0 amide bonds. The van der Waals surface area contributed by atoms with Crippen LogP contribution in [0.25, 0.3) is 0 Å². The molecule has 0 aliphatic carbocycles. The molecule has 0 spiro atoms. The molecule has 154 valence electrons. The number of hydrogen-bond acceptors (Lipinski definition) is 9. The zero-order valence-electron chi connectivity index (χ0n) is 13.2. The molecule has 0 aromatic carbocycles.